The summed E-state index contributed by atoms with van der Waals surface area (Å²) in [5.41, 5.74) is 3.19. The maximum Gasteiger partial charge on any atom is 0.277 e. The van der Waals surface area contributed by atoms with Gasteiger partial charge in [0.15, 0.2) is 0 Å². The molecule has 0 unspecified atom stereocenters. The smallest absolute Gasteiger partial charge is 0.277 e. The predicted molar refractivity (Wildman–Crippen MR) is 86.8 cm³/mol. The molecule has 0 aliphatic heterocycles. The Morgan fingerprint density at radius 2 is 1.87 bits per heavy atom. The Morgan fingerprint density at radius 3 is 2.61 bits per heavy atom. The molecule has 1 N–H and O–H groups in total. The van der Waals surface area contributed by atoms with Gasteiger partial charge in [-0.15, -0.1) is 0 Å². The van der Waals surface area contributed by atoms with Crippen molar-refractivity contribution >= 4 is 5.95 Å². The number of hydrogen-bond donors (Lipinski definition) is 1. The lowest BCUT2D eigenvalue weighted by molar-refractivity contribution is 0.431. The van der Waals surface area contributed by atoms with Crippen LogP contribution in [0.3, 0.4) is 0 Å². The highest BCUT2D eigenvalue weighted by Gasteiger charge is 2.14. The van der Waals surface area contributed by atoms with Crippen LogP contribution in [0, 0.1) is 13.8 Å². The number of hydrogen-bond acceptors (Lipinski definition) is 7. The molecular weight excluding hydrogens is 292 g/mol. The van der Waals surface area contributed by atoms with Gasteiger partial charge < -0.3 is 9.84 Å². The largest absolute Gasteiger partial charge is 0.352 e. The second-order valence-electron chi connectivity index (χ2n) is 5.63. The van der Waals surface area contributed by atoms with Crippen molar-refractivity contribution in [3.8, 4) is 23.0 Å². The summed E-state index contributed by atoms with van der Waals surface area (Å²) in [6, 6.07) is 5.81. The number of aryl methyl sites for hydroxylation is 2. The van der Waals surface area contributed by atoms with Crippen molar-refractivity contribution in [2.45, 2.75) is 33.7 Å². The van der Waals surface area contributed by atoms with E-state index in [-0.39, 0.29) is 6.04 Å². The molecule has 0 atom stereocenters. The second-order valence-corrected chi connectivity index (χ2v) is 5.63. The van der Waals surface area contributed by atoms with Gasteiger partial charge in [0.25, 0.3) is 5.89 Å². The minimum Gasteiger partial charge on any atom is -0.352 e. The van der Waals surface area contributed by atoms with Crippen LogP contribution >= 0.6 is 0 Å². The minimum absolute atomic E-state index is 0.239. The Morgan fingerprint density at radius 1 is 1.04 bits per heavy atom. The molecule has 0 saturated heterocycles. The lowest BCUT2D eigenvalue weighted by Crippen LogP contribution is -2.13. The SMILES string of the molecule is Cc1cc(-c2noc(-c3cc(C)nc(NC(C)C)n3)n2)ccn1. The Kier molecular flexibility index (Phi) is 4.01. The van der Waals surface area contributed by atoms with E-state index >= 15 is 0 Å². The first-order chi connectivity index (χ1) is 11.0. The zero-order chi connectivity index (χ0) is 16.4. The lowest BCUT2D eigenvalue weighted by Gasteiger charge is -2.08. The van der Waals surface area contributed by atoms with E-state index in [1.807, 2.05) is 45.9 Å². The molecule has 0 spiro atoms. The highest BCUT2D eigenvalue weighted by molar-refractivity contribution is 5.58. The average Bonchev–Trinajstić information content (AvgIpc) is 2.95. The molecule has 0 amide bonds. The van der Waals surface area contributed by atoms with Gasteiger partial charge in [-0.3, -0.25) is 4.98 Å². The van der Waals surface area contributed by atoms with Crippen molar-refractivity contribution in [2.24, 2.45) is 0 Å². The summed E-state index contributed by atoms with van der Waals surface area (Å²) >= 11 is 0. The number of nitrogens with one attached hydrogen (secondary N) is 1. The van der Waals surface area contributed by atoms with Crippen LogP contribution in [0.4, 0.5) is 5.95 Å². The maximum absolute atomic E-state index is 5.36. The van der Waals surface area contributed by atoms with Crippen LogP contribution in [0.5, 0.6) is 0 Å². The molecule has 118 valence electrons. The fraction of sp³-hybridized carbons (Fsp3) is 0.312. The second kappa shape index (κ2) is 6.12. The normalized spacial score (nSPS) is 11.0. The molecule has 3 aromatic heterocycles. The molecule has 0 fully saturated rings. The van der Waals surface area contributed by atoms with Crippen LogP contribution < -0.4 is 5.32 Å². The number of rotatable bonds is 4. The fourth-order valence-corrected chi connectivity index (χ4v) is 2.13. The molecule has 7 nitrogen and oxygen atoms in total. The van der Waals surface area contributed by atoms with E-state index in [0.29, 0.717) is 23.4 Å². The zero-order valence-corrected chi connectivity index (χ0v) is 13.5. The minimum atomic E-state index is 0.239. The van der Waals surface area contributed by atoms with E-state index in [9.17, 15) is 0 Å². The third-order valence-electron chi connectivity index (χ3n) is 3.07. The first-order valence-corrected chi connectivity index (χ1v) is 7.40. The van der Waals surface area contributed by atoms with Crippen LogP contribution in [0.2, 0.25) is 0 Å². The van der Waals surface area contributed by atoms with Gasteiger partial charge in [-0.2, -0.15) is 4.98 Å². The standard InChI is InChI=1S/C16H18N6O/c1-9(2)18-16-19-11(4)8-13(20-16)15-21-14(22-23-15)12-5-6-17-10(3)7-12/h5-9H,1-4H3,(H,18,19,20). The van der Waals surface area contributed by atoms with Crippen LogP contribution in [-0.2, 0) is 0 Å². The summed E-state index contributed by atoms with van der Waals surface area (Å²) in [5, 5.41) is 7.21. The molecule has 3 rings (SSSR count). The maximum atomic E-state index is 5.36. The van der Waals surface area contributed by atoms with Crippen LogP contribution in [0.1, 0.15) is 25.2 Å². The van der Waals surface area contributed by atoms with Crippen LogP contribution in [-0.4, -0.2) is 31.1 Å². The Labute approximate surface area is 134 Å². The lowest BCUT2D eigenvalue weighted by atomic mass is 10.2. The van der Waals surface area contributed by atoms with Crippen molar-refractivity contribution in [3.63, 3.8) is 0 Å². The average molecular weight is 310 g/mol. The van der Waals surface area contributed by atoms with E-state index in [1.54, 1.807) is 6.20 Å². The van der Waals surface area contributed by atoms with Crippen molar-refractivity contribution in [3.05, 3.63) is 35.8 Å². The van der Waals surface area contributed by atoms with E-state index in [1.165, 1.54) is 0 Å². The van der Waals surface area contributed by atoms with Gasteiger partial charge >= 0.3 is 0 Å². The molecular formula is C16H18N6O. The molecule has 0 aromatic carbocycles. The van der Waals surface area contributed by atoms with Crippen molar-refractivity contribution in [1.29, 1.82) is 0 Å². The molecule has 3 aromatic rings. The van der Waals surface area contributed by atoms with Crippen molar-refractivity contribution < 1.29 is 4.52 Å². The Hall–Kier alpha value is -2.83. The Balaban J connectivity index is 1.95. The topological polar surface area (TPSA) is 89.6 Å². The summed E-state index contributed by atoms with van der Waals surface area (Å²) in [6.07, 6.45) is 1.72. The third-order valence-corrected chi connectivity index (χ3v) is 3.07. The summed E-state index contributed by atoms with van der Waals surface area (Å²) in [6.45, 7) is 7.88. The quantitative estimate of drug-likeness (QED) is 0.792. The first-order valence-electron chi connectivity index (χ1n) is 7.40. The monoisotopic (exact) mass is 310 g/mol. The zero-order valence-electron chi connectivity index (χ0n) is 13.5. The van der Waals surface area contributed by atoms with Crippen LogP contribution in [0.25, 0.3) is 23.0 Å². The van der Waals surface area contributed by atoms with Crippen LogP contribution in [0.15, 0.2) is 28.9 Å². The molecule has 0 saturated carbocycles. The third kappa shape index (κ3) is 3.50. The number of aromatic nitrogens is 5. The predicted octanol–water partition coefficient (Wildman–Crippen LogP) is 3.03. The highest BCUT2D eigenvalue weighted by atomic mass is 16.5. The van der Waals surface area contributed by atoms with Gasteiger partial charge in [-0.25, -0.2) is 9.97 Å². The molecule has 0 radical (unpaired) electrons. The fourth-order valence-electron chi connectivity index (χ4n) is 2.13. The molecule has 0 aliphatic rings. The molecule has 0 bridgehead atoms. The van der Waals surface area contributed by atoms with Gasteiger partial charge in [0.05, 0.1) is 0 Å². The van der Waals surface area contributed by atoms with Gasteiger partial charge in [0.2, 0.25) is 11.8 Å². The van der Waals surface area contributed by atoms with Gasteiger partial charge in [0, 0.05) is 29.2 Å². The number of nitrogens with zero attached hydrogens (tertiary/aromatic N) is 5. The number of anilines is 1. The first kappa shape index (κ1) is 15.1. The van der Waals surface area contributed by atoms with Crippen molar-refractivity contribution in [2.75, 3.05) is 5.32 Å². The highest BCUT2D eigenvalue weighted by Crippen LogP contribution is 2.22. The molecule has 3 heterocycles. The van der Waals surface area contributed by atoms with E-state index in [2.05, 4.69) is 30.4 Å². The van der Waals surface area contributed by atoms with Gasteiger partial charge in [-0.05, 0) is 45.9 Å². The van der Waals surface area contributed by atoms with Gasteiger partial charge in [-0.1, -0.05) is 5.16 Å². The molecule has 0 aliphatic carbocycles. The van der Waals surface area contributed by atoms with Crippen molar-refractivity contribution in [1.82, 2.24) is 25.1 Å². The Bertz CT molecular complexity index is 827. The van der Waals surface area contributed by atoms with E-state index < -0.39 is 0 Å². The van der Waals surface area contributed by atoms with E-state index in [0.717, 1.165) is 17.0 Å². The number of pyridine rings is 1. The summed E-state index contributed by atoms with van der Waals surface area (Å²) in [7, 11) is 0. The summed E-state index contributed by atoms with van der Waals surface area (Å²) in [5.74, 6) is 1.43. The summed E-state index contributed by atoms with van der Waals surface area (Å²) < 4.78 is 5.36. The summed E-state index contributed by atoms with van der Waals surface area (Å²) in [4.78, 5) is 17.4. The van der Waals surface area contributed by atoms with E-state index in [4.69, 9.17) is 4.52 Å². The van der Waals surface area contributed by atoms with Gasteiger partial charge in [0.1, 0.15) is 5.69 Å². The molecule has 7 heteroatoms. The molecule has 23 heavy (non-hydrogen) atoms.